The molecule has 3 aliphatic heterocycles. The highest BCUT2D eigenvalue weighted by Crippen LogP contribution is 2.46. The molecular weight excluding hydrogens is 1160 g/mol. The summed E-state index contributed by atoms with van der Waals surface area (Å²) in [6.45, 7) is 2.20. The first-order valence-electron chi connectivity index (χ1n) is 28.9. The first-order chi connectivity index (χ1) is 42.2. The third kappa shape index (κ3) is 14.6. The molecule has 0 spiro atoms. The average molecular weight is 1230 g/mol. The number of thioether (sulfide) groups is 1. The second-order valence-corrected chi connectivity index (χ2v) is 22.9. The topological polar surface area (TPSA) is 323 Å². The van der Waals surface area contributed by atoms with Gasteiger partial charge in [-0.05, 0) is 85.0 Å². The molecule has 0 fully saturated rings. The number of unbranched alkanes of at least 4 members (excludes halogenated alkanes) is 2. The van der Waals surface area contributed by atoms with Gasteiger partial charge in [-0.15, -0.1) is 0 Å². The minimum atomic E-state index is -2.03. The Morgan fingerprint density at radius 1 is 0.852 bits per heavy atom. The number of carbonyl (C=O) groups is 10. The standard InChI is InChI=1S/C62H67FN10O14S/c1-4-62(85)42-26-47-57-40(31-73(47)59(82)41(42)33-86-60(62)83)56-44(19-18-39-35(2)43(63)27-45(70-57)55(39)56)68-52(78)34-88-24-23-71(3)61(84)87-32-37-14-16-38(17-15-37)67-50(76)30-66-58(81)46(25-36-11-7-5-8-12-36)69-51(77)29-65-49(75)28-64-48(74)13-9-6-10-22-72-53(79)20-21-54(72)80/h5,7-8,11-12,14-17,20-21,26-27,44,46,85H,4,6,9-10,13,18-19,22-25,28-34H2,1-3H3,(H,64,74)(H,65,75)(H,66,81)(H,67,76)(H,68,78)(H,69,77)/t44-,46-,62-/m0/s1. The Kier molecular flexibility index (Phi) is 20.1. The van der Waals surface area contributed by atoms with Crippen LogP contribution in [0, 0.1) is 12.7 Å². The average Bonchev–Trinajstić information content (AvgIpc) is 1.45. The molecular formula is C62H67FN10O14S. The summed E-state index contributed by atoms with van der Waals surface area (Å²) >= 11 is 1.31. The highest BCUT2D eigenvalue weighted by Gasteiger charge is 2.46. The maximum Gasteiger partial charge on any atom is 0.409 e. The molecule has 1 aliphatic carbocycles. The fraction of sp³-hybridized carbons (Fsp3) is 0.387. The van der Waals surface area contributed by atoms with Crippen molar-refractivity contribution in [2.24, 2.45) is 0 Å². The van der Waals surface area contributed by atoms with Crippen LogP contribution in [-0.2, 0) is 90.8 Å². The minimum Gasteiger partial charge on any atom is -0.458 e. The smallest absolute Gasteiger partial charge is 0.409 e. The van der Waals surface area contributed by atoms with Crippen molar-refractivity contribution in [2.75, 3.05) is 56.6 Å². The molecule has 24 nitrogen and oxygen atoms in total. The SMILES string of the molecule is CC[C@@]1(O)C(=O)OCc2c1cc1n(c2=O)Cc2c-1nc1cc(F)c(C)c3c1c2[C@@H](NC(=O)CSCCN(C)C(=O)OCc1ccc(NC(=O)CNC(=O)[C@H](Cc2ccccc2)NC(=O)CNC(=O)CNC(=O)CCCCCN2C(=O)C=CC2=O)cc1)CC3. The number of aromatic nitrogens is 2. The molecule has 3 atom stereocenters. The Morgan fingerprint density at radius 3 is 2.31 bits per heavy atom. The van der Waals surface area contributed by atoms with E-state index in [1.165, 1.54) is 39.4 Å². The van der Waals surface area contributed by atoms with Crippen molar-refractivity contribution in [1.29, 1.82) is 0 Å². The summed E-state index contributed by atoms with van der Waals surface area (Å²) in [5.41, 5.74) is 3.37. The highest BCUT2D eigenvalue weighted by molar-refractivity contribution is 7.99. The monoisotopic (exact) mass is 1230 g/mol. The molecule has 9 rings (SSSR count). The van der Waals surface area contributed by atoms with Crippen molar-refractivity contribution in [1.82, 2.24) is 45.9 Å². The van der Waals surface area contributed by atoms with E-state index in [4.69, 9.17) is 14.5 Å². The van der Waals surface area contributed by atoms with Crippen LogP contribution < -0.4 is 37.5 Å². The molecule has 0 radical (unpaired) electrons. The van der Waals surface area contributed by atoms with E-state index < -0.39 is 90.3 Å². The Morgan fingerprint density at radius 2 is 1.57 bits per heavy atom. The van der Waals surface area contributed by atoms with Gasteiger partial charge in [0.15, 0.2) is 5.60 Å². The number of aliphatic hydroxyl groups is 1. The van der Waals surface area contributed by atoms with Crippen LogP contribution in [0.25, 0.3) is 22.3 Å². The Hall–Kier alpha value is -9.30. The van der Waals surface area contributed by atoms with Crippen LogP contribution in [0.2, 0.25) is 0 Å². The number of cyclic esters (lactones) is 1. The Balaban J connectivity index is 0.687. The predicted molar refractivity (Wildman–Crippen MR) is 319 cm³/mol. The minimum absolute atomic E-state index is 0.0297. The maximum atomic E-state index is 15.4. The van der Waals surface area contributed by atoms with E-state index in [-0.39, 0.29) is 86.7 Å². The van der Waals surface area contributed by atoms with Crippen LogP contribution in [0.15, 0.2) is 83.7 Å². The summed E-state index contributed by atoms with van der Waals surface area (Å²) in [7, 11) is 1.57. The van der Waals surface area contributed by atoms with Crippen LogP contribution in [0.4, 0.5) is 14.9 Å². The number of carbonyl (C=O) groups excluding carboxylic acids is 10. The Bertz CT molecular complexity index is 3690. The van der Waals surface area contributed by atoms with Crippen molar-refractivity contribution < 1.29 is 66.9 Å². The van der Waals surface area contributed by atoms with Gasteiger partial charge in [-0.2, -0.15) is 11.8 Å². The highest BCUT2D eigenvalue weighted by atomic mass is 32.2. The number of benzene rings is 3. The molecule has 9 amide bonds. The van der Waals surface area contributed by atoms with Crippen molar-refractivity contribution in [3.8, 4) is 11.4 Å². The zero-order valence-corrected chi connectivity index (χ0v) is 49.5. The number of pyridine rings is 2. The van der Waals surface area contributed by atoms with Crippen LogP contribution in [0.1, 0.15) is 96.0 Å². The molecule has 7 N–H and O–H groups in total. The zero-order chi connectivity index (χ0) is 62.8. The molecule has 88 heavy (non-hydrogen) atoms. The van der Waals surface area contributed by atoms with Gasteiger partial charge in [-0.1, -0.05) is 55.8 Å². The van der Waals surface area contributed by atoms with Crippen LogP contribution in [0.3, 0.4) is 0 Å². The first-order valence-corrected chi connectivity index (χ1v) is 30.0. The van der Waals surface area contributed by atoms with Gasteiger partial charge in [0.1, 0.15) is 25.1 Å². The summed E-state index contributed by atoms with van der Waals surface area (Å²) in [5, 5.41) is 28.0. The normalized spacial score (nSPS) is 16.4. The number of anilines is 1. The fourth-order valence-corrected chi connectivity index (χ4v) is 11.8. The van der Waals surface area contributed by atoms with Gasteiger partial charge in [0, 0.05) is 79.2 Å². The molecule has 0 saturated carbocycles. The lowest BCUT2D eigenvalue weighted by molar-refractivity contribution is -0.172. The van der Waals surface area contributed by atoms with Gasteiger partial charge >= 0.3 is 12.1 Å². The largest absolute Gasteiger partial charge is 0.458 e. The van der Waals surface area contributed by atoms with E-state index in [1.807, 2.05) is 0 Å². The van der Waals surface area contributed by atoms with E-state index in [0.717, 1.165) is 21.4 Å². The van der Waals surface area contributed by atoms with Gasteiger partial charge in [-0.25, -0.2) is 19.0 Å². The molecule has 5 heterocycles. The lowest BCUT2D eigenvalue weighted by Gasteiger charge is -2.31. The van der Waals surface area contributed by atoms with E-state index in [1.54, 1.807) is 81.6 Å². The number of nitrogens with zero attached hydrogens (tertiary/aromatic N) is 4. The lowest BCUT2D eigenvalue weighted by Crippen LogP contribution is -2.52. The molecule has 0 unspecified atom stereocenters. The van der Waals surface area contributed by atoms with Gasteiger partial charge in [0.2, 0.25) is 35.4 Å². The quantitative estimate of drug-likeness (QED) is 0.0233. The van der Waals surface area contributed by atoms with E-state index >= 15 is 4.39 Å². The van der Waals surface area contributed by atoms with Crippen LogP contribution >= 0.6 is 11.8 Å². The number of imide groups is 1. The summed E-state index contributed by atoms with van der Waals surface area (Å²) in [6, 6.07) is 16.6. The molecule has 0 bridgehead atoms. The third-order valence-corrected chi connectivity index (χ3v) is 16.8. The van der Waals surface area contributed by atoms with E-state index in [2.05, 4.69) is 31.9 Å². The maximum absolute atomic E-state index is 15.4. The third-order valence-electron chi connectivity index (χ3n) is 15.9. The molecule has 26 heteroatoms. The number of ether oxygens (including phenoxy) is 2. The second-order valence-electron chi connectivity index (χ2n) is 21.8. The van der Waals surface area contributed by atoms with Crippen molar-refractivity contribution in [3.63, 3.8) is 0 Å². The zero-order valence-electron chi connectivity index (χ0n) is 48.7. The van der Waals surface area contributed by atoms with E-state index in [9.17, 15) is 57.8 Å². The van der Waals surface area contributed by atoms with Crippen LogP contribution in [-0.4, -0.2) is 141 Å². The molecule has 462 valence electrons. The number of hydrogen-bond donors (Lipinski definition) is 7. The number of aryl methyl sites for hydroxylation is 1. The Labute approximate surface area is 508 Å². The number of nitrogens with one attached hydrogen (secondary N) is 6. The van der Waals surface area contributed by atoms with Crippen molar-refractivity contribution >= 4 is 87.7 Å². The molecule has 4 aliphatic rings. The first kappa shape index (κ1) is 63.2. The van der Waals surface area contributed by atoms with Gasteiger partial charge in [0.25, 0.3) is 17.4 Å². The van der Waals surface area contributed by atoms with Crippen molar-refractivity contribution in [3.05, 3.63) is 140 Å². The summed E-state index contributed by atoms with van der Waals surface area (Å²) in [6.07, 6.45) is 4.44. The number of rotatable bonds is 26. The summed E-state index contributed by atoms with van der Waals surface area (Å²) < 4.78 is 27.7. The van der Waals surface area contributed by atoms with Crippen molar-refractivity contribution in [2.45, 2.75) is 103 Å². The molecule has 0 saturated heterocycles. The van der Waals surface area contributed by atoms with Gasteiger partial charge < -0.3 is 55.9 Å². The second kappa shape index (κ2) is 28.0. The number of fused-ring (bicyclic) bond motifs is 5. The molecule has 3 aromatic carbocycles. The van der Waals surface area contributed by atoms with Gasteiger partial charge in [-0.3, -0.25) is 48.1 Å². The van der Waals surface area contributed by atoms with Gasteiger partial charge in [0.05, 0.1) is 60.4 Å². The fourth-order valence-electron chi connectivity index (χ4n) is 11.0. The lowest BCUT2D eigenvalue weighted by atomic mass is 9.81. The number of amides is 9. The molecule has 5 aromatic rings. The predicted octanol–water partition coefficient (Wildman–Crippen LogP) is 3.13. The summed E-state index contributed by atoms with van der Waals surface area (Å²) in [5.74, 6) is -4.81. The van der Waals surface area contributed by atoms with Crippen LogP contribution in [0.5, 0.6) is 0 Å². The molecule has 2 aromatic heterocycles. The van der Waals surface area contributed by atoms with E-state index in [0.29, 0.717) is 82.7 Å². The number of halogens is 1. The number of esters is 1. The number of hydrogen-bond acceptors (Lipinski definition) is 16. The summed E-state index contributed by atoms with van der Waals surface area (Å²) in [4.78, 5) is 148.